The zero-order chi connectivity index (χ0) is 17.9. The van der Waals surface area contributed by atoms with Gasteiger partial charge in [-0.25, -0.2) is 0 Å². The molecule has 132 valence electrons. The van der Waals surface area contributed by atoms with Crippen molar-refractivity contribution in [1.82, 2.24) is 9.55 Å². The molecule has 0 aliphatic heterocycles. The van der Waals surface area contributed by atoms with E-state index in [1.54, 1.807) is 0 Å². The molecule has 4 nitrogen and oxygen atoms in total. The zero-order valence-corrected chi connectivity index (χ0v) is 16.4. The van der Waals surface area contributed by atoms with Crippen LogP contribution in [0.25, 0.3) is 11.0 Å². The monoisotopic (exact) mass is 354 g/mol. The predicted molar refractivity (Wildman–Crippen MR) is 105 cm³/mol. The van der Waals surface area contributed by atoms with Crippen LogP contribution in [0, 0.1) is 0 Å². The van der Waals surface area contributed by atoms with Gasteiger partial charge in [0.05, 0.1) is 11.0 Å². The first kappa shape index (κ1) is 17.7. The molecule has 3 rings (SSSR count). The Balaban J connectivity index is 1.87. The second-order valence-corrected chi connectivity index (χ2v) is 13.1. The molecule has 1 heterocycles. The minimum atomic E-state index is -1.12. The van der Waals surface area contributed by atoms with Crippen LogP contribution >= 0.6 is 0 Å². The molecule has 0 aliphatic carbocycles. The van der Waals surface area contributed by atoms with E-state index in [0.29, 0.717) is 6.01 Å². The lowest BCUT2D eigenvalue weighted by atomic mass is 10.3. The molecule has 0 saturated heterocycles. The summed E-state index contributed by atoms with van der Waals surface area (Å²) in [4.78, 5) is 4.66. The Bertz CT molecular complexity index is 825. The van der Waals surface area contributed by atoms with Crippen molar-refractivity contribution in [3.05, 3.63) is 54.6 Å². The van der Waals surface area contributed by atoms with E-state index >= 15 is 0 Å². The first-order chi connectivity index (χ1) is 11.9. The van der Waals surface area contributed by atoms with E-state index in [4.69, 9.17) is 9.47 Å². The van der Waals surface area contributed by atoms with Gasteiger partial charge in [0, 0.05) is 14.7 Å². The van der Waals surface area contributed by atoms with E-state index in [1.807, 2.05) is 53.1 Å². The van der Waals surface area contributed by atoms with Crippen LogP contribution < -0.4 is 4.74 Å². The fourth-order valence-electron chi connectivity index (χ4n) is 2.65. The van der Waals surface area contributed by atoms with Crippen LogP contribution in [0.15, 0.2) is 54.6 Å². The van der Waals surface area contributed by atoms with Crippen LogP contribution in [-0.2, 0) is 4.74 Å². The lowest BCUT2D eigenvalue weighted by molar-refractivity contribution is 0.0231. The third-order valence-corrected chi connectivity index (χ3v) is 5.79. The first-order valence-electron chi connectivity index (χ1n) is 8.75. The van der Waals surface area contributed by atoms with Crippen molar-refractivity contribution in [1.29, 1.82) is 0 Å². The summed E-state index contributed by atoms with van der Waals surface area (Å²) in [7, 11) is -1.12. The number of rotatable bonds is 7. The Hall–Kier alpha value is -2.11. The van der Waals surface area contributed by atoms with Crippen LogP contribution in [0.3, 0.4) is 0 Å². The van der Waals surface area contributed by atoms with E-state index in [2.05, 4.69) is 37.6 Å². The Morgan fingerprint density at radius 2 is 1.68 bits per heavy atom. The van der Waals surface area contributed by atoms with Gasteiger partial charge in [0.15, 0.2) is 0 Å². The number of aromatic nitrogens is 2. The topological polar surface area (TPSA) is 36.3 Å². The summed E-state index contributed by atoms with van der Waals surface area (Å²) in [5, 5.41) is 0. The van der Waals surface area contributed by atoms with Crippen molar-refractivity contribution in [3.63, 3.8) is 0 Å². The summed E-state index contributed by atoms with van der Waals surface area (Å²) in [6, 6.07) is 19.5. The van der Waals surface area contributed by atoms with Gasteiger partial charge in [0.1, 0.15) is 12.0 Å². The van der Waals surface area contributed by atoms with Crippen molar-refractivity contribution in [2.24, 2.45) is 0 Å². The Morgan fingerprint density at radius 1 is 1.00 bits per heavy atom. The fourth-order valence-corrected chi connectivity index (χ4v) is 3.38. The fraction of sp³-hybridized carbons (Fsp3) is 0.350. The van der Waals surface area contributed by atoms with E-state index in [0.717, 1.165) is 29.4 Å². The molecule has 1 atom stereocenters. The highest BCUT2D eigenvalue weighted by Gasteiger charge is 2.19. The van der Waals surface area contributed by atoms with E-state index in [-0.39, 0.29) is 6.23 Å². The molecule has 0 bridgehead atoms. The van der Waals surface area contributed by atoms with Crippen molar-refractivity contribution < 1.29 is 9.47 Å². The minimum absolute atomic E-state index is 0.137. The van der Waals surface area contributed by atoms with Gasteiger partial charge in [0.25, 0.3) is 0 Å². The number of benzene rings is 2. The maximum Gasteiger partial charge on any atom is 0.305 e. The number of hydrogen-bond acceptors (Lipinski definition) is 3. The van der Waals surface area contributed by atoms with Gasteiger partial charge in [-0.15, -0.1) is 0 Å². The maximum atomic E-state index is 6.13. The van der Waals surface area contributed by atoms with Crippen LogP contribution in [0.2, 0.25) is 25.7 Å². The molecule has 2 aromatic carbocycles. The Kier molecular flexibility index (Phi) is 5.25. The zero-order valence-electron chi connectivity index (χ0n) is 15.4. The molecule has 0 spiro atoms. The van der Waals surface area contributed by atoms with Gasteiger partial charge < -0.3 is 9.47 Å². The van der Waals surface area contributed by atoms with Gasteiger partial charge in [0.2, 0.25) is 0 Å². The van der Waals surface area contributed by atoms with Crippen LogP contribution in [0.4, 0.5) is 0 Å². The summed E-state index contributed by atoms with van der Waals surface area (Å²) < 4.78 is 14.2. The number of fused-ring (bicyclic) bond motifs is 1. The highest BCUT2D eigenvalue weighted by atomic mass is 28.3. The highest BCUT2D eigenvalue weighted by Crippen LogP contribution is 2.30. The molecule has 5 heteroatoms. The average molecular weight is 355 g/mol. The molecule has 1 unspecified atom stereocenters. The van der Waals surface area contributed by atoms with Gasteiger partial charge in [-0.1, -0.05) is 50.0 Å². The maximum absolute atomic E-state index is 6.13. The average Bonchev–Trinajstić information content (AvgIpc) is 2.92. The van der Waals surface area contributed by atoms with Crippen LogP contribution in [0.5, 0.6) is 11.8 Å². The minimum Gasteiger partial charge on any atom is -0.425 e. The van der Waals surface area contributed by atoms with E-state index in [1.165, 1.54) is 0 Å². The lowest BCUT2D eigenvalue weighted by Gasteiger charge is -2.21. The van der Waals surface area contributed by atoms with Gasteiger partial charge >= 0.3 is 6.01 Å². The first-order valence-corrected chi connectivity index (χ1v) is 12.5. The molecular weight excluding hydrogens is 328 g/mol. The molecule has 3 aromatic rings. The predicted octanol–water partition coefficient (Wildman–Crippen LogP) is 5.70. The van der Waals surface area contributed by atoms with E-state index in [9.17, 15) is 0 Å². The van der Waals surface area contributed by atoms with Gasteiger partial charge in [-0.3, -0.25) is 4.57 Å². The smallest absolute Gasteiger partial charge is 0.305 e. The van der Waals surface area contributed by atoms with Crippen molar-refractivity contribution >= 4 is 19.1 Å². The molecule has 0 N–H and O–H groups in total. The third-order valence-electron chi connectivity index (χ3n) is 4.09. The molecule has 25 heavy (non-hydrogen) atoms. The van der Waals surface area contributed by atoms with Crippen molar-refractivity contribution in [2.75, 3.05) is 6.61 Å². The van der Waals surface area contributed by atoms with E-state index < -0.39 is 8.07 Å². The summed E-state index contributed by atoms with van der Waals surface area (Å²) in [6.07, 6.45) is -0.137. The Morgan fingerprint density at radius 3 is 2.40 bits per heavy atom. The normalized spacial score (nSPS) is 13.1. The van der Waals surface area contributed by atoms with Crippen molar-refractivity contribution in [3.8, 4) is 11.8 Å². The summed E-state index contributed by atoms with van der Waals surface area (Å²) in [6.45, 7) is 9.89. The molecule has 0 radical (unpaired) electrons. The number of imidazole rings is 1. The number of hydrogen-bond donors (Lipinski definition) is 0. The highest BCUT2D eigenvalue weighted by molar-refractivity contribution is 6.76. The molecule has 0 aliphatic rings. The molecule has 0 saturated carbocycles. The quantitative estimate of drug-likeness (QED) is 0.510. The molecular formula is C20H26N2O2Si. The number of nitrogens with zero attached hydrogens (tertiary/aromatic N) is 2. The second-order valence-electron chi connectivity index (χ2n) is 7.45. The Labute approximate surface area is 150 Å². The van der Waals surface area contributed by atoms with Crippen molar-refractivity contribution in [2.45, 2.75) is 38.8 Å². The second kappa shape index (κ2) is 7.41. The summed E-state index contributed by atoms with van der Waals surface area (Å²) in [5.74, 6) is 0.772. The van der Waals surface area contributed by atoms with Gasteiger partial charge in [-0.2, -0.15) is 4.98 Å². The summed E-state index contributed by atoms with van der Waals surface area (Å²) in [5.41, 5.74) is 1.93. The van der Waals surface area contributed by atoms with Gasteiger partial charge in [-0.05, 0) is 37.2 Å². The number of ether oxygens (including phenoxy) is 2. The van der Waals surface area contributed by atoms with Crippen LogP contribution in [0.1, 0.15) is 13.2 Å². The number of para-hydroxylation sites is 3. The standard InChI is InChI=1S/C20H26N2O2Si/c1-16(23-14-15-25(2,3)4)22-19-13-9-8-12-18(19)21-20(22)24-17-10-6-5-7-11-17/h5-13,16H,14-15H2,1-4H3. The molecule has 1 aromatic heterocycles. The summed E-state index contributed by atoms with van der Waals surface area (Å²) >= 11 is 0. The molecule has 0 amide bonds. The molecule has 0 fully saturated rings. The SMILES string of the molecule is CC(OCC[Si](C)(C)C)n1c(Oc2ccccc2)nc2ccccc21. The lowest BCUT2D eigenvalue weighted by Crippen LogP contribution is -2.23. The van der Waals surface area contributed by atoms with Crippen LogP contribution in [-0.4, -0.2) is 24.2 Å². The third kappa shape index (κ3) is 4.49. The largest absolute Gasteiger partial charge is 0.425 e.